The molecule has 2 heterocycles. The summed E-state index contributed by atoms with van der Waals surface area (Å²) >= 11 is 0. The molecule has 1 aromatic rings. The van der Waals surface area contributed by atoms with Crippen LogP contribution in [0.1, 0.15) is 18.5 Å². The second kappa shape index (κ2) is 5.53. The summed E-state index contributed by atoms with van der Waals surface area (Å²) in [7, 11) is -1.33. The number of aromatic nitrogens is 2. The molecular formula is C12H20N4O3S. The fourth-order valence-electron chi connectivity index (χ4n) is 2.31. The van der Waals surface area contributed by atoms with Crippen molar-refractivity contribution in [2.75, 3.05) is 24.7 Å². The molecule has 1 aliphatic heterocycles. The molecule has 0 aromatic carbocycles. The van der Waals surface area contributed by atoms with E-state index < -0.39 is 10.0 Å². The van der Waals surface area contributed by atoms with E-state index in [1.54, 1.807) is 10.9 Å². The number of nitrogens with zero attached hydrogens (tertiary/aromatic N) is 3. The Morgan fingerprint density at radius 2 is 2.00 bits per heavy atom. The molecule has 1 aromatic heterocycles. The molecule has 0 saturated carbocycles. The highest BCUT2D eigenvalue weighted by atomic mass is 32.2. The zero-order valence-electron chi connectivity index (χ0n) is 12.0. The molecule has 1 aliphatic rings. The fraction of sp³-hybridized carbons (Fsp3) is 0.667. The lowest BCUT2D eigenvalue weighted by molar-refractivity contribution is -0.120. The zero-order valence-corrected chi connectivity index (χ0v) is 12.8. The number of nitrogens with one attached hydrogen (secondary N) is 1. The van der Waals surface area contributed by atoms with Crippen molar-refractivity contribution in [2.45, 2.75) is 19.8 Å². The monoisotopic (exact) mass is 300 g/mol. The average molecular weight is 300 g/mol. The summed E-state index contributed by atoms with van der Waals surface area (Å²) < 4.78 is 26.0. The summed E-state index contributed by atoms with van der Waals surface area (Å²) in [5.41, 5.74) is 1.61. The number of amides is 1. The lowest BCUT2D eigenvalue weighted by Gasteiger charge is -2.29. The van der Waals surface area contributed by atoms with E-state index in [2.05, 4.69) is 10.4 Å². The van der Waals surface area contributed by atoms with Crippen LogP contribution in [-0.4, -0.2) is 47.8 Å². The van der Waals surface area contributed by atoms with Crippen molar-refractivity contribution in [1.82, 2.24) is 14.1 Å². The van der Waals surface area contributed by atoms with Crippen LogP contribution in [-0.2, 0) is 21.9 Å². The highest BCUT2D eigenvalue weighted by molar-refractivity contribution is 7.88. The van der Waals surface area contributed by atoms with Crippen LogP contribution < -0.4 is 5.32 Å². The van der Waals surface area contributed by atoms with Gasteiger partial charge in [0, 0.05) is 26.1 Å². The standard InChI is InChI=1S/C12H20N4O3S/c1-9-11(8-13-15(9)2)14-12(17)10-4-6-16(7-5-10)20(3,18)19/h8,10H,4-7H2,1-3H3,(H,14,17). The molecule has 0 unspecified atom stereocenters. The Labute approximate surface area is 119 Å². The van der Waals surface area contributed by atoms with E-state index in [0.717, 1.165) is 5.69 Å². The molecule has 8 heteroatoms. The first-order valence-corrected chi connectivity index (χ1v) is 8.38. The van der Waals surface area contributed by atoms with Crippen LogP contribution in [0.25, 0.3) is 0 Å². The first kappa shape index (κ1) is 15.0. The number of carbonyl (C=O) groups excluding carboxylic acids is 1. The highest BCUT2D eigenvalue weighted by Crippen LogP contribution is 2.21. The van der Waals surface area contributed by atoms with Crippen LogP contribution in [0.4, 0.5) is 5.69 Å². The predicted octanol–water partition coefficient (Wildman–Crippen LogP) is 0.339. The van der Waals surface area contributed by atoms with E-state index >= 15 is 0 Å². The van der Waals surface area contributed by atoms with E-state index in [9.17, 15) is 13.2 Å². The molecular weight excluding hydrogens is 280 g/mol. The van der Waals surface area contributed by atoms with E-state index in [0.29, 0.717) is 31.6 Å². The highest BCUT2D eigenvalue weighted by Gasteiger charge is 2.29. The molecule has 0 spiro atoms. The van der Waals surface area contributed by atoms with E-state index in [-0.39, 0.29) is 11.8 Å². The van der Waals surface area contributed by atoms with Crippen LogP contribution >= 0.6 is 0 Å². The van der Waals surface area contributed by atoms with Gasteiger partial charge in [-0.15, -0.1) is 0 Å². The Morgan fingerprint density at radius 3 is 2.45 bits per heavy atom. The maximum atomic E-state index is 12.2. The Morgan fingerprint density at radius 1 is 1.40 bits per heavy atom. The lowest BCUT2D eigenvalue weighted by atomic mass is 9.97. The van der Waals surface area contributed by atoms with Crippen molar-refractivity contribution in [3.63, 3.8) is 0 Å². The third kappa shape index (κ3) is 3.18. The van der Waals surface area contributed by atoms with Crippen LogP contribution in [0.15, 0.2) is 6.20 Å². The van der Waals surface area contributed by atoms with Gasteiger partial charge in [-0.25, -0.2) is 12.7 Å². The van der Waals surface area contributed by atoms with Gasteiger partial charge >= 0.3 is 0 Å². The molecule has 1 fully saturated rings. The number of aryl methyl sites for hydroxylation is 1. The van der Waals surface area contributed by atoms with Crippen LogP contribution in [0.3, 0.4) is 0 Å². The van der Waals surface area contributed by atoms with Gasteiger partial charge in [0.25, 0.3) is 0 Å². The molecule has 20 heavy (non-hydrogen) atoms. The second-order valence-corrected chi connectivity index (χ2v) is 7.18. The number of rotatable bonds is 3. The fourth-order valence-corrected chi connectivity index (χ4v) is 3.18. The van der Waals surface area contributed by atoms with Crippen molar-refractivity contribution in [3.8, 4) is 0 Å². The number of hydrogen-bond acceptors (Lipinski definition) is 4. The summed E-state index contributed by atoms with van der Waals surface area (Å²) in [5, 5.41) is 6.94. The maximum Gasteiger partial charge on any atom is 0.227 e. The van der Waals surface area contributed by atoms with Crippen molar-refractivity contribution < 1.29 is 13.2 Å². The first-order valence-electron chi connectivity index (χ1n) is 6.53. The molecule has 1 saturated heterocycles. The molecule has 0 radical (unpaired) electrons. The van der Waals surface area contributed by atoms with Crippen molar-refractivity contribution in [3.05, 3.63) is 11.9 Å². The average Bonchev–Trinajstić information content (AvgIpc) is 2.70. The molecule has 7 nitrogen and oxygen atoms in total. The van der Waals surface area contributed by atoms with Gasteiger partial charge in [-0.1, -0.05) is 0 Å². The quantitative estimate of drug-likeness (QED) is 0.872. The summed E-state index contributed by atoms with van der Waals surface area (Å²) in [6.45, 7) is 2.70. The van der Waals surface area contributed by atoms with Crippen molar-refractivity contribution in [1.29, 1.82) is 0 Å². The van der Waals surface area contributed by atoms with Crippen LogP contribution in [0.2, 0.25) is 0 Å². The number of carbonyl (C=O) groups is 1. The number of piperidine rings is 1. The first-order chi connectivity index (χ1) is 9.29. The molecule has 1 N–H and O–H groups in total. The maximum absolute atomic E-state index is 12.2. The Kier molecular flexibility index (Phi) is 4.14. The Balaban J connectivity index is 1.94. The third-order valence-corrected chi connectivity index (χ3v) is 5.09. The molecule has 1 amide bonds. The van der Waals surface area contributed by atoms with Crippen LogP contribution in [0.5, 0.6) is 0 Å². The zero-order chi connectivity index (χ0) is 14.9. The lowest BCUT2D eigenvalue weighted by Crippen LogP contribution is -2.40. The van der Waals surface area contributed by atoms with Gasteiger partial charge < -0.3 is 5.32 Å². The second-order valence-electron chi connectivity index (χ2n) is 5.19. The molecule has 112 valence electrons. The Bertz CT molecular complexity index is 600. The van der Waals surface area contributed by atoms with Gasteiger partial charge in [-0.05, 0) is 19.8 Å². The van der Waals surface area contributed by atoms with Gasteiger partial charge in [-0.3, -0.25) is 9.48 Å². The number of hydrogen-bond donors (Lipinski definition) is 1. The smallest absolute Gasteiger partial charge is 0.227 e. The molecule has 0 bridgehead atoms. The van der Waals surface area contributed by atoms with Crippen LogP contribution in [0, 0.1) is 12.8 Å². The van der Waals surface area contributed by atoms with Gasteiger partial charge in [0.1, 0.15) is 0 Å². The summed E-state index contributed by atoms with van der Waals surface area (Å²) in [6, 6.07) is 0. The summed E-state index contributed by atoms with van der Waals surface area (Å²) in [5.74, 6) is -0.207. The normalized spacial score (nSPS) is 18.1. The molecule has 0 atom stereocenters. The van der Waals surface area contributed by atoms with Gasteiger partial charge in [-0.2, -0.15) is 5.10 Å². The van der Waals surface area contributed by atoms with Crippen molar-refractivity contribution >= 4 is 21.6 Å². The largest absolute Gasteiger partial charge is 0.323 e. The third-order valence-electron chi connectivity index (χ3n) is 3.79. The Hall–Kier alpha value is -1.41. The summed E-state index contributed by atoms with van der Waals surface area (Å²) in [4.78, 5) is 12.2. The van der Waals surface area contributed by atoms with Gasteiger partial charge in [0.05, 0.1) is 23.8 Å². The SMILES string of the molecule is Cc1c(NC(=O)C2CCN(S(C)(=O)=O)CC2)cnn1C. The van der Waals surface area contributed by atoms with E-state index in [1.807, 2.05) is 14.0 Å². The minimum absolute atomic E-state index is 0.0609. The van der Waals surface area contributed by atoms with Gasteiger partial charge in [0.15, 0.2) is 0 Å². The minimum Gasteiger partial charge on any atom is -0.323 e. The number of anilines is 1. The summed E-state index contributed by atoms with van der Waals surface area (Å²) in [6.07, 6.45) is 3.93. The molecule has 2 rings (SSSR count). The topological polar surface area (TPSA) is 84.3 Å². The predicted molar refractivity (Wildman–Crippen MR) is 75.7 cm³/mol. The van der Waals surface area contributed by atoms with E-state index in [1.165, 1.54) is 10.6 Å². The minimum atomic E-state index is -3.15. The number of sulfonamides is 1. The van der Waals surface area contributed by atoms with Crippen molar-refractivity contribution in [2.24, 2.45) is 13.0 Å². The van der Waals surface area contributed by atoms with E-state index in [4.69, 9.17) is 0 Å². The van der Waals surface area contributed by atoms with Gasteiger partial charge in [0.2, 0.25) is 15.9 Å². The molecule has 0 aliphatic carbocycles.